The van der Waals surface area contributed by atoms with Gasteiger partial charge in [0.25, 0.3) is 0 Å². The summed E-state index contributed by atoms with van der Waals surface area (Å²) in [6, 6.07) is 12.6. The summed E-state index contributed by atoms with van der Waals surface area (Å²) in [6.07, 6.45) is 5.03. The minimum absolute atomic E-state index is 0.176. The first-order chi connectivity index (χ1) is 14.1. The number of anilines is 1. The van der Waals surface area contributed by atoms with E-state index in [9.17, 15) is 18.8 Å². The molecule has 0 aromatic heterocycles. The van der Waals surface area contributed by atoms with Crippen molar-refractivity contribution in [1.82, 2.24) is 5.01 Å². The number of amides is 2. The minimum Gasteiger partial charge on any atom is -0.292 e. The van der Waals surface area contributed by atoms with E-state index in [-0.39, 0.29) is 11.5 Å². The molecule has 7 heteroatoms. The maximum Gasteiger partial charge on any atom is 0.240 e. The van der Waals surface area contributed by atoms with Gasteiger partial charge in [0.15, 0.2) is 5.78 Å². The average Bonchev–Trinajstić information content (AvgIpc) is 3.21. The molecule has 2 aromatic rings. The minimum atomic E-state index is -0.899. The summed E-state index contributed by atoms with van der Waals surface area (Å²) < 4.78 is 13.7. The molecule has 5 rings (SSSR count). The summed E-state index contributed by atoms with van der Waals surface area (Å²) in [7, 11) is 0. The Kier molecular flexibility index (Phi) is 3.91. The van der Waals surface area contributed by atoms with Crippen molar-refractivity contribution in [2.45, 2.75) is 12.1 Å². The molecule has 2 saturated heterocycles. The normalized spacial score (nSPS) is 27.3. The third-order valence-corrected chi connectivity index (χ3v) is 5.68. The SMILES string of the molecule is O=C(c1ccccc1)C1C2C(=O)N(c3cccc(F)c3)C(=O)C2C2C=CC=NN21. The topological polar surface area (TPSA) is 70.0 Å². The van der Waals surface area contributed by atoms with Gasteiger partial charge in [-0.25, -0.2) is 9.29 Å². The second-order valence-electron chi connectivity index (χ2n) is 7.24. The van der Waals surface area contributed by atoms with E-state index in [0.717, 1.165) is 11.0 Å². The zero-order valence-corrected chi connectivity index (χ0v) is 15.2. The summed E-state index contributed by atoms with van der Waals surface area (Å²) in [4.78, 5) is 40.9. The highest BCUT2D eigenvalue weighted by molar-refractivity contribution is 6.24. The number of carbonyl (C=O) groups is 3. The molecule has 2 aromatic carbocycles. The van der Waals surface area contributed by atoms with Gasteiger partial charge in [0, 0.05) is 11.8 Å². The van der Waals surface area contributed by atoms with Crippen molar-refractivity contribution in [2.24, 2.45) is 16.9 Å². The summed E-state index contributed by atoms with van der Waals surface area (Å²) in [5.74, 6) is -3.39. The molecule has 6 nitrogen and oxygen atoms in total. The van der Waals surface area contributed by atoms with Crippen LogP contribution in [0.4, 0.5) is 10.1 Å². The first kappa shape index (κ1) is 17.5. The summed E-state index contributed by atoms with van der Waals surface area (Å²) in [5.41, 5.74) is 0.626. The van der Waals surface area contributed by atoms with Crippen LogP contribution >= 0.6 is 0 Å². The second kappa shape index (κ2) is 6.48. The number of nitrogens with zero attached hydrogens (tertiary/aromatic N) is 3. The van der Waals surface area contributed by atoms with E-state index in [0.29, 0.717) is 5.56 Å². The van der Waals surface area contributed by atoms with Crippen molar-refractivity contribution in [2.75, 3.05) is 4.90 Å². The Balaban J connectivity index is 1.59. The van der Waals surface area contributed by atoms with Gasteiger partial charge in [0.2, 0.25) is 11.8 Å². The van der Waals surface area contributed by atoms with Crippen LogP contribution in [0.3, 0.4) is 0 Å². The lowest BCUT2D eigenvalue weighted by molar-refractivity contribution is -0.123. The van der Waals surface area contributed by atoms with Crippen LogP contribution in [0.2, 0.25) is 0 Å². The predicted molar refractivity (Wildman–Crippen MR) is 104 cm³/mol. The maximum absolute atomic E-state index is 13.7. The van der Waals surface area contributed by atoms with Crippen LogP contribution in [0.1, 0.15) is 10.4 Å². The number of Topliss-reactive ketones (excluding diaryl/α,β-unsaturated/α-hetero) is 1. The first-order valence-electron chi connectivity index (χ1n) is 9.29. The number of ketones is 1. The standard InChI is InChI=1S/C22H16FN3O3/c23-14-8-4-9-15(12-14)25-21(28)17-16-10-5-11-24-26(16)19(18(17)22(25)29)20(27)13-6-2-1-3-7-13/h1-12,16-19H. The molecule has 2 amide bonds. The molecule has 4 atom stereocenters. The van der Waals surface area contributed by atoms with Crippen molar-refractivity contribution in [3.05, 3.63) is 78.1 Å². The van der Waals surface area contributed by atoms with Crippen LogP contribution in [0.25, 0.3) is 0 Å². The molecular formula is C22H16FN3O3. The van der Waals surface area contributed by atoms with Crippen molar-refractivity contribution < 1.29 is 18.8 Å². The van der Waals surface area contributed by atoms with Gasteiger partial charge in [-0.1, -0.05) is 42.5 Å². The van der Waals surface area contributed by atoms with Crippen LogP contribution in [0.15, 0.2) is 71.9 Å². The quantitative estimate of drug-likeness (QED) is 0.597. The summed E-state index contributed by atoms with van der Waals surface area (Å²) in [6.45, 7) is 0. The Morgan fingerprint density at radius 2 is 1.72 bits per heavy atom. The molecule has 0 bridgehead atoms. The van der Waals surface area contributed by atoms with Gasteiger partial charge in [0.05, 0.1) is 23.6 Å². The molecule has 4 unspecified atom stereocenters. The Morgan fingerprint density at radius 1 is 0.966 bits per heavy atom. The largest absolute Gasteiger partial charge is 0.292 e. The first-order valence-corrected chi connectivity index (χ1v) is 9.29. The van der Waals surface area contributed by atoms with Gasteiger partial charge in [-0.3, -0.25) is 19.4 Å². The van der Waals surface area contributed by atoms with Crippen LogP contribution in [-0.4, -0.2) is 40.9 Å². The molecule has 144 valence electrons. The third-order valence-electron chi connectivity index (χ3n) is 5.68. The predicted octanol–water partition coefficient (Wildman–Crippen LogP) is 2.42. The van der Waals surface area contributed by atoms with Crippen LogP contribution in [0.5, 0.6) is 0 Å². The van der Waals surface area contributed by atoms with Crippen molar-refractivity contribution >= 4 is 29.5 Å². The highest BCUT2D eigenvalue weighted by Crippen LogP contribution is 2.46. The fourth-order valence-corrected chi connectivity index (χ4v) is 4.48. The smallest absolute Gasteiger partial charge is 0.240 e. The second-order valence-corrected chi connectivity index (χ2v) is 7.24. The van der Waals surface area contributed by atoms with E-state index in [4.69, 9.17) is 0 Å². The fourth-order valence-electron chi connectivity index (χ4n) is 4.48. The molecule has 0 saturated carbocycles. The van der Waals surface area contributed by atoms with Crippen LogP contribution < -0.4 is 4.90 Å². The number of carbonyl (C=O) groups excluding carboxylic acids is 3. The monoisotopic (exact) mass is 389 g/mol. The molecule has 0 spiro atoms. The molecule has 3 aliphatic rings. The summed E-state index contributed by atoms with van der Waals surface area (Å²) >= 11 is 0. The zero-order chi connectivity index (χ0) is 20.1. The number of hydrogen-bond acceptors (Lipinski definition) is 5. The number of rotatable bonds is 3. The number of fused-ring (bicyclic) bond motifs is 3. The maximum atomic E-state index is 13.7. The number of hydrazone groups is 1. The van der Waals surface area contributed by atoms with Gasteiger partial charge < -0.3 is 0 Å². The highest BCUT2D eigenvalue weighted by Gasteiger charge is 2.64. The van der Waals surface area contributed by atoms with E-state index in [1.54, 1.807) is 53.7 Å². The number of halogens is 1. The average molecular weight is 389 g/mol. The van der Waals surface area contributed by atoms with Crippen molar-refractivity contribution in [3.8, 4) is 0 Å². The number of allylic oxidation sites excluding steroid dienone is 1. The van der Waals surface area contributed by atoms with Crippen molar-refractivity contribution in [1.29, 1.82) is 0 Å². The van der Waals surface area contributed by atoms with Gasteiger partial charge in [-0.05, 0) is 24.3 Å². The lowest BCUT2D eigenvalue weighted by Crippen LogP contribution is -2.46. The summed E-state index contributed by atoms with van der Waals surface area (Å²) in [5, 5.41) is 5.86. The third kappa shape index (κ3) is 2.54. The van der Waals surface area contributed by atoms with E-state index in [1.165, 1.54) is 18.2 Å². The van der Waals surface area contributed by atoms with Crippen molar-refractivity contribution in [3.63, 3.8) is 0 Å². The van der Waals surface area contributed by atoms with Gasteiger partial charge in [-0.2, -0.15) is 5.10 Å². The lowest BCUT2D eigenvalue weighted by atomic mass is 9.86. The van der Waals surface area contributed by atoms with Gasteiger partial charge in [0.1, 0.15) is 11.9 Å². The molecule has 0 N–H and O–H groups in total. The number of imide groups is 1. The van der Waals surface area contributed by atoms with E-state index in [1.807, 2.05) is 0 Å². The van der Waals surface area contributed by atoms with Gasteiger partial charge >= 0.3 is 0 Å². The molecule has 3 heterocycles. The highest BCUT2D eigenvalue weighted by atomic mass is 19.1. The van der Waals surface area contributed by atoms with E-state index < -0.39 is 41.6 Å². The molecule has 2 fully saturated rings. The number of benzene rings is 2. The molecule has 0 aliphatic carbocycles. The number of hydrogen-bond donors (Lipinski definition) is 0. The lowest BCUT2D eigenvalue weighted by Gasteiger charge is -2.30. The Morgan fingerprint density at radius 3 is 2.48 bits per heavy atom. The molecule has 29 heavy (non-hydrogen) atoms. The van der Waals surface area contributed by atoms with Crippen LogP contribution in [0, 0.1) is 17.7 Å². The van der Waals surface area contributed by atoms with Gasteiger partial charge in [-0.15, -0.1) is 0 Å². The molecule has 0 radical (unpaired) electrons. The fraction of sp³-hybridized carbons (Fsp3) is 0.182. The zero-order valence-electron chi connectivity index (χ0n) is 15.2. The Labute approximate surface area is 165 Å². The van der Waals surface area contributed by atoms with Crippen LogP contribution in [-0.2, 0) is 9.59 Å². The molecule has 3 aliphatic heterocycles. The van der Waals surface area contributed by atoms with E-state index in [2.05, 4.69) is 5.10 Å². The van der Waals surface area contributed by atoms with E-state index >= 15 is 0 Å². The Hall–Kier alpha value is -3.61. The Bertz CT molecular complexity index is 1080. The molecular weight excluding hydrogens is 373 g/mol.